The summed E-state index contributed by atoms with van der Waals surface area (Å²) in [6.07, 6.45) is 0.936. The van der Waals surface area contributed by atoms with Crippen LogP contribution < -0.4 is 14.4 Å². The average molecular weight is 434 g/mol. The van der Waals surface area contributed by atoms with Crippen molar-refractivity contribution < 1.29 is 4.57 Å². The van der Waals surface area contributed by atoms with E-state index in [0.29, 0.717) is 0 Å². The molecule has 164 valence electrons. The fourth-order valence-corrected chi connectivity index (χ4v) is 5.85. The van der Waals surface area contributed by atoms with Gasteiger partial charge in [-0.05, 0) is 41.5 Å². The Bertz CT molecular complexity index is 1610. The van der Waals surface area contributed by atoms with E-state index in [4.69, 9.17) is 0 Å². The summed E-state index contributed by atoms with van der Waals surface area (Å²) in [5.74, 6) is 2.49. The second-order valence-electron chi connectivity index (χ2n) is 9.02. The molecule has 4 aromatic carbocycles. The molecule has 0 radical (unpaired) electrons. The summed E-state index contributed by atoms with van der Waals surface area (Å²) < 4.78 is 4.74. The second-order valence-corrected chi connectivity index (χ2v) is 9.02. The average Bonchev–Trinajstić information content (AvgIpc) is 3.25. The summed E-state index contributed by atoms with van der Waals surface area (Å²) in [5.41, 5.74) is 6.41. The first-order valence-electron chi connectivity index (χ1n) is 11.6. The first kappa shape index (κ1) is 19.9. The minimum atomic E-state index is 0.936. The number of hydrogen-bond donors (Lipinski definition) is 0. The first-order valence-corrected chi connectivity index (χ1v) is 11.6. The van der Waals surface area contributed by atoms with E-state index in [9.17, 15) is 0 Å². The van der Waals surface area contributed by atoms with Crippen molar-refractivity contribution in [2.24, 2.45) is 14.1 Å². The lowest BCUT2D eigenvalue weighted by Crippen LogP contribution is -2.35. The molecule has 0 aliphatic carbocycles. The number of fused-ring (bicyclic) bond motifs is 6. The Hall–Kier alpha value is -3.79. The van der Waals surface area contributed by atoms with Crippen molar-refractivity contribution in [1.29, 1.82) is 0 Å². The van der Waals surface area contributed by atoms with Crippen LogP contribution in [-0.4, -0.2) is 18.7 Å². The lowest BCUT2D eigenvalue weighted by atomic mass is 10.1. The molecule has 0 atom stereocenters. The number of benzene rings is 4. The van der Waals surface area contributed by atoms with Gasteiger partial charge in [-0.2, -0.15) is 0 Å². The van der Waals surface area contributed by atoms with Gasteiger partial charge in [0.15, 0.2) is 11.0 Å². The van der Waals surface area contributed by atoms with Crippen molar-refractivity contribution in [2.75, 3.05) is 23.9 Å². The van der Waals surface area contributed by atoms with Crippen molar-refractivity contribution in [1.82, 2.24) is 4.57 Å². The maximum atomic E-state index is 2.38. The highest BCUT2D eigenvalue weighted by Gasteiger charge is 2.35. The molecule has 0 saturated heterocycles. The highest BCUT2D eigenvalue weighted by molar-refractivity contribution is 6.06. The Morgan fingerprint density at radius 2 is 1.39 bits per heavy atom. The molecule has 33 heavy (non-hydrogen) atoms. The van der Waals surface area contributed by atoms with Gasteiger partial charge in [0, 0.05) is 24.9 Å². The zero-order valence-electron chi connectivity index (χ0n) is 19.9. The molecule has 0 bridgehead atoms. The quantitative estimate of drug-likeness (QED) is 0.319. The zero-order chi connectivity index (χ0) is 22.9. The summed E-state index contributed by atoms with van der Waals surface area (Å²) >= 11 is 0. The third-order valence-electron chi connectivity index (χ3n) is 7.32. The van der Waals surface area contributed by atoms with Gasteiger partial charge in [-0.25, -0.2) is 9.13 Å². The number of nitrogens with zero attached hydrogens (tertiary/aromatic N) is 4. The van der Waals surface area contributed by atoms with Crippen molar-refractivity contribution >= 4 is 49.5 Å². The Kier molecular flexibility index (Phi) is 4.28. The number of aryl methyl sites for hydroxylation is 2. The molecule has 0 unspecified atom stereocenters. The smallest absolute Gasteiger partial charge is 0.288 e. The fraction of sp³-hybridized carbons (Fsp3) is 0.207. The first-order chi connectivity index (χ1) is 16.0. The topological polar surface area (TPSA) is 15.3 Å². The van der Waals surface area contributed by atoms with Crippen LogP contribution in [0, 0.1) is 0 Å². The van der Waals surface area contributed by atoms with Crippen molar-refractivity contribution in [3.63, 3.8) is 0 Å². The van der Waals surface area contributed by atoms with E-state index < -0.39 is 0 Å². The molecule has 2 heterocycles. The van der Waals surface area contributed by atoms with Gasteiger partial charge in [0.05, 0.1) is 31.0 Å². The van der Waals surface area contributed by atoms with Crippen LogP contribution in [-0.2, 0) is 14.1 Å². The number of hydrogen-bond acceptors (Lipinski definition) is 2. The highest BCUT2D eigenvalue weighted by atomic mass is 15.4. The molecule has 0 N–H and O–H groups in total. The summed E-state index contributed by atoms with van der Waals surface area (Å²) in [6.45, 7) is 2.26. The molecule has 0 spiro atoms. The summed E-state index contributed by atoms with van der Waals surface area (Å²) in [4.78, 5) is 4.74. The van der Waals surface area contributed by atoms with Gasteiger partial charge in [-0.1, -0.05) is 55.5 Å². The molecule has 0 amide bonds. The van der Waals surface area contributed by atoms with Crippen LogP contribution in [0.5, 0.6) is 0 Å². The van der Waals surface area contributed by atoms with Gasteiger partial charge in [0.2, 0.25) is 0 Å². The second kappa shape index (κ2) is 7.11. The van der Waals surface area contributed by atoms with Crippen molar-refractivity contribution in [2.45, 2.75) is 13.3 Å². The number of anilines is 2. The predicted molar refractivity (Wildman–Crippen MR) is 140 cm³/mol. The normalized spacial score (nSPS) is 15.2. The molecule has 4 heteroatoms. The molecule has 0 fully saturated rings. The van der Waals surface area contributed by atoms with Crippen molar-refractivity contribution in [3.8, 4) is 0 Å². The molecule has 1 aliphatic rings. The van der Waals surface area contributed by atoms with Crippen LogP contribution in [0.4, 0.5) is 11.4 Å². The van der Waals surface area contributed by atoms with Gasteiger partial charge in [-0.3, -0.25) is 0 Å². The zero-order valence-corrected chi connectivity index (χ0v) is 19.9. The Morgan fingerprint density at radius 3 is 2.12 bits per heavy atom. The SMILES string of the molecule is CCC(=C1N(C)c2ccc3ccccc3c2N1C)c1n(C)c2ccc3ccccc3c2[n+]1C. The third-order valence-corrected chi connectivity index (χ3v) is 7.32. The molecular weight excluding hydrogens is 404 g/mol. The molecule has 6 rings (SSSR count). The molecule has 1 aliphatic heterocycles. The van der Waals surface area contributed by atoms with E-state index in [1.54, 1.807) is 0 Å². The lowest BCUT2D eigenvalue weighted by molar-refractivity contribution is -0.647. The van der Waals surface area contributed by atoms with E-state index in [1.165, 1.54) is 61.2 Å². The highest BCUT2D eigenvalue weighted by Crippen LogP contribution is 2.46. The minimum Gasteiger partial charge on any atom is -0.329 e. The van der Waals surface area contributed by atoms with E-state index in [0.717, 1.165) is 6.42 Å². The summed E-state index contributed by atoms with van der Waals surface area (Å²) in [7, 11) is 8.80. The van der Waals surface area contributed by atoms with Crippen LogP contribution in [0.25, 0.3) is 38.2 Å². The van der Waals surface area contributed by atoms with E-state index in [-0.39, 0.29) is 0 Å². The van der Waals surface area contributed by atoms with Gasteiger partial charge < -0.3 is 9.80 Å². The van der Waals surface area contributed by atoms with Gasteiger partial charge in [-0.15, -0.1) is 0 Å². The van der Waals surface area contributed by atoms with Gasteiger partial charge in [0.1, 0.15) is 5.82 Å². The fourth-order valence-electron chi connectivity index (χ4n) is 5.85. The number of imidazole rings is 1. The molecule has 0 saturated carbocycles. The van der Waals surface area contributed by atoms with Crippen LogP contribution in [0.3, 0.4) is 0 Å². The summed E-state index contributed by atoms with van der Waals surface area (Å²) in [6, 6.07) is 26.3. The van der Waals surface area contributed by atoms with Crippen LogP contribution in [0.2, 0.25) is 0 Å². The summed E-state index contributed by atoms with van der Waals surface area (Å²) in [5, 5.41) is 5.14. The molecule has 4 nitrogen and oxygen atoms in total. The lowest BCUT2D eigenvalue weighted by Gasteiger charge is -2.22. The van der Waals surface area contributed by atoms with Crippen LogP contribution in [0.15, 0.2) is 78.6 Å². The number of allylic oxidation sites excluding steroid dienone is 1. The minimum absolute atomic E-state index is 0.936. The molecule has 1 aromatic heterocycles. The Morgan fingerprint density at radius 1 is 0.758 bits per heavy atom. The predicted octanol–water partition coefficient (Wildman–Crippen LogP) is 5.97. The number of aromatic nitrogens is 2. The standard InChI is InChI=1S/C29H29N4/c1-6-21(28-30(2)24-17-15-19-11-7-9-13-22(19)26(24)32(28)4)29-31(3)25-18-16-20-12-8-10-14-23(20)27(25)33(29)5/h7-18H,6H2,1-5H3/q+1. The molecular formula is C29H29N4+. The molecule has 5 aromatic rings. The van der Waals surface area contributed by atoms with Crippen LogP contribution >= 0.6 is 0 Å². The maximum Gasteiger partial charge on any atom is 0.288 e. The van der Waals surface area contributed by atoms with E-state index in [1.807, 2.05) is 0 Å². The van der Waals surface area contributed by atoms with Crippen molar-refractivity contribution in [3.05, 3.63) is 84.4 Å². The third kappa shape index (κ3) is 2.61. The van der Waals surface area contributed by atoms with Crippen LogP contribution in [0.1, 0.15) is 19.2 Å². The van der Waals surface area contributed by atoms with Gasteiger partial charge in [0.25, 0.3) is 5.82 Å². The van der Waals surface area contributed by atoms with Gasteiger partial charge >= 0.3 is 0 Å². The maximum absolute atomic E-state index is 2.38. The van der Waals surface area contributed by atoms with E-state index >= 15 is 0 Å². The monoisotopic (exact) mass is 433 g/mol. The largest absolute Gasteiger partial charge is 0.329 e. The number of rotatable bonds is 2. The Balaban J connectivity index is 1.65. The Labute approximate surface area is 194 Å². The van der Waals surface area contributed by atoms with E-state index in [2.05, 4.69) is 127 Å².